The Hall–Kier alpha value is -0.540. The van der Waals surface area contributed by atoms with Crippen LogP contribution in [0.25, 0.3) is 0 Å². The van der Waals surface area contributed by atoms with E-state index in [4.69, 9.17) is 11.6 Å². The molecule has 0 aromatic rings. The van der Waals surface area contributed by atoms with Gasteiger partial charge in [-0.15, -0.1) is 0 Å². The van der Waals surface area contributed by atoms with Crippen LogP contribution in [0.15, 0.2) is 11.6 Å². The first kappa shape index (κ1) is 10.5. The Morgan fingerprint density at radius 3 is 2.85 bits per heavy atom. The largest absolute Gasteiger partial charge is 0.355 e. The predicted octanol–water partition coefficient (Wildman–Crippen LogP) is 0.855. The van der Waals surface area contributed by atoms with Crippen molar-refractivity contribution in [2.75, 3.05) is 19.6 Å². The molecule has 4 heteroatoms. The second-order valence-corrected chi connectivity index (χ2v) is 3.38. The molecule has 0 unspecified atom stereocenters. The SMILES string of the molecule is O=C(NCCNC/C=C/Cl)C1CC1. The highest BCUT2D eigenvalue weighted by atomic mass is 35.5. The molecule has 1 aliphatic rings. The second kappa shape index (κ2) is 6.00. The van der Waals surface area contributed by atoms with Gasteiger partial charge in [-0.05, 0) is 12.8 Å². The van der Waals surface area contributed by atoms with Crippen LogP contribution in [-0.2, 0) is 4.79 Å². The van der Waals surface area contributed by atoms with E-state index in [0.717, 1.165) is 25.9 Å². The molecule has 3 nitrogen and oxygen atoms in total. The van der Waals surface area contributed by atoms with Crippen molar-refractivity contribution in [3.63, 3.8) is 0 Å². The Labute approximate surface area is 83.5 Å². The first-order chi connectivity index (χ1) is 6.34. The molecule has 0 atom stereocenters. The summed E-state index contributed by atoms with van der Waals surface area (Å²) in [5.74, 6) is 0.512. The fourth-order valence-electron chi connectivity index (χ4n) is 0.994. The van der Waals surface area contributed by atoms with Crippen molar-refractivity contribution in [3.8, 4) is 0 Å². The highest BCUT2D eigenvalue weighted by Gasteiger charge is 2.28. The number of rotatable bonds is 6. The van der Waals surface area contributed by atoms with Crippen molar-refractivity contribution in [1.82, 2.24) is 10.6 Å². The summed E-state index contributed by atoms with van der Waals surface area (Å²) in [6, 6.07) is 0. The molecule has 0 heterocycles. The predicted molar refractivity (Wildman–Crippen MR) is 53.6 cm³/mol. The van der Waals surface area contributed by atoms with Crippen LogP contribution in [0.5, 0.6) is 0 Å². The van der Waals surface area contributed by atoms with Gasteiger partial charge in [0.25, 0.3) is 0 Å². The summed E-state index contributed by atoms with van der Waals surface area (Å²) in [7, 11) is 0. The first-order valence-electron chi connectivity index (χ1n) is 4.58. The molecule has 0 bridgehead atoms. The molecule has 74 valence electrons. The van der Waals surface area contributed by atoms with Gasteiger partial charge in [0.05, 0.1) is 0 Å². The summed E-state index contributed by atoms with van der Waals surface area (Å²) in [6.07, 6.45) is 3.95. The lowest BCUT2D eigenvalue weighted by molar-refractivity contribution is -0.122. The van der Waals surface area contributed by atoms with E-state index in [1.54, 1.807) is 0 Å². The number of nitrogens with one attached hydrogen (secondary N) is 2. The van der Waals surface area contributed by atoms with E-state index in [9.17, 15) is 4.79 Å². The zero-order chi connectivity index (χ0) is 9.52. The van der Waals surface area contributed by atoms with Crippen LogP contribution in [0.3, 0.4) is 0 Å². The minimum atomic E-state index is 0.203. The minimum absolute atomic E-state index is 0.203. The van der Waals surface area contributed by atoms with Crippen molar-refractivity contribution in [3.05, 3.63) is 11.6 Å². The average molecular weight is 203 g/mol. The van der Waals surface area contributed by atoms with E-state index in [1.165, 1.54) is 5.54 Å². The lowest BCUT2D eigenvalue weighted by Gasteiger charge is -2.03. The maximum Gasteiger partial charge on any atom is 0.223 e. The number of carbonyl (C=O) groups is 1. The van der Waals surface area contributed by atoms with E-state index in [0.29, 0.717) is 12.5 Å². The molecule has 0 aliphatic heterocycles. The van der Waals surface area contributed by atoms with E-state index in [-0.39, 0.29) is 5.91 Å². The van der Waals surface area contributed by atoms with Gasteiger partial charge >= 0.3 is 0 Å². The summed E-state index contributed by atoms with van der Waals surface area (Å²) in [5.41, 5.74) is 1.48. The van der Waals surface area contributed by atoms with Crippen LogP contribution >= 0.6 is 11.6 Å². The summed E-state index contributed by atoms with van der Waals surface area (Å²) < 4.78 is 0. The Kier molecular flexibility index (Phi) is 4.86. The summed E-state index contributed by atoms with van der Waals surface area (Å²) in [4.78, 5) is 11.1. The van der Waals surface area contributed by atoms with Crippen molar-refractivity contribution in [1.29, 1.82) is 0 Å². The van der Waals surface area contributed by atoms with Gasteiger partial charge in [-0.2, -0.15) is 0 Å². The van der Waals surface area contributed by atoms with Gasteiger partial charge in [0.15, 0.2) is 0 Å². The van der Waals surface area contributed by atoms with Crippen molar-refractivity contribution < 1.29 is 4.79 Å². The zero-order valence-corrected chi connectivity index (χ0v) is 8.31. The van der Waals surface area contributed by atoms with Gasteiger partial charge in [0.1, 0.15) is 0 Å². The van der Waals surface area contributed by atoms with Gasteiger partial charge < -0.3 is 10.6 Å². The first-order valence-corrected chi connectivity index (χ1v) is 5.02. The molecule has 0 spiro atoms. The number of hydrogen-bond acceptors (Lipinski definition) is 2. The van der Waals surface area contributed by atoms with E-state index >= 15 is 0 Å². The Morgan fingerprint density at radius 1 is 1.46 bits per heavy atom. The summed E-state index contributed by atoms with van der Waals surface area (Å²) >= 11 is 5.32. The number of amides is 1. The molecule has 0 saturated heterocycles. The van der Waals surface area contributed by atoms with Crippen molar-refractivity contribution >= 4 is 17.5 Å². The van der Waals surface area contributed by atoms with Crippen LogP contribution in [0.4, 0.5) is 0 Å². The van der Waals surface area contributed by atoms with Gasteiger partial charge in [0, 0.05) is 31.1 Å². The highest BCUT2D eigenvalue weighted by molar-refractivity contribution is 6.25. The lowest BCUT2D eigenvalue weighted by atomic mass is 10.4. The van der Waals surface area contributed by atoms with Crippen molar-refractivity contribution in [2.45, 2.75) is 12.8 Å². The van der Waals surface area contributed by atoms with Crippen LogP contribution < -0.4 is 10.6 Å². The van der Waals surface area contributed by atoms with E-state index in [1.807, 2.05) is 6.08 Å². The molecule has 0 aromatic carbocycles. The number of halogens is 1. The van der Waals surface area contributed by atoms with E-state index < -0.39 is 0 Å². The van der Waals surface area contributed by atoms with E-state index in [2.05, 4.69) is 10.6 Å². The lowest BCUT2D eigenvalue weighted by Crippen LogP contribution is -2.32. The van der Waals surface area contributed by atoms with Crippen molar-refractivity contribution in [2.24, 2.45) is 5.92 Å². The molecule has 1 saturated carbocycles. The van der Waals surface area contributed by atoms with Crippen LogP contribution in [0.1, 0.15) is 12.8 Å². The maximum absolute atomic E-state index is 11.1. The molecule has 2 N–H and O–H groups in total. The quantitative estimate of drug-likeness (QED) is 0.628. The number of carbonyl (C=O) groups excluding carboxylic acids is 1. The molecule has 1 amide bonds. The third-order valence-electron chi connectivity index (χ3n) is 1.90. The Morgan fingerprint density at radius 2 is 2.23 bits per heavy atom. The normalized spacial score (nSPS) is 16.4. The molecular weight excluding hydrogens is 188 g/mol. The van der Waals surface area contributed by atoms with Crippen LogP contribution in [0.2, 0.25) is 0 Å². The molecule has 0 radical (unpaired) electrons. The topological polar surface area (TPSA) is 41.1 Å². The van der Waals surface area contributed by atoms with Gasteiger partial charge in [-0.3, -0.25) is 4.79 Å². The fraction of sp³-hybridized carbons (Fsp3) is 0.667. The highest BCUT2D eigenvalue weighted by Crippen LogP contribution is 2.28. The second-order valence-electron chi connectivity index (χ2n) is 3.13. The van der Waals surface area contributed by atoms with Gasteiger partial charge in [0.2, 0.25) is 5.91 Å². The van der Waals surface area contributed by atoms with Crippen LogP contribution in [-0.4, -0.2) is 25.5 Å². The standard InChI is InChI=1S/C9H15ClN2O/c10-4-1-5-11-6-7-12-9(13)8-2-3-8/h1,4,8,11H,2-3,5-7H2,(H,12,13)/b4-1+. The summed E-state index contributed by atoms with van der Waals surface area (Å²) in [5, 5.41) is 5.98. The molecule has 1 rings (SSSR count). The number of hydrogen-bond donors (Lipinski definition) is 2. The molecule has 0 aromatic heterocycles. The Balaban J connectivity index is 1.85. The third-order valence-corrected chi connectivity index (χ3v) is 2.08. The average Bonchev–Trinajstić information content (AvgIpc) is 2.93. The molecule has 13 heavy (non-hydrogen) atoms. The summed E-state index contributed by atoms with van der Waals surface area (Å²) in [6.45, 7) is 2.24. The smallest absolute Gasteiger partial charge is 0.223 e. The molecule has 1 aliphatic carbocycles. The zero-order valence-electron chi connectivity index (χ0n) is 7.55. The Bertz CT molecular complexity index is 190. The van der Waals surface area contributed by atoms with Crippen LogP contribution in [0, 0.1) is 5.92 Å². The fourth-order valence-corrected chi connectivity index (χ4v) is 1.08. The molecule has 1 fully saturated rings. The third kappa shape index (κ3) is 4.90. The maximum atomic E-state index is 11.1. The van der Waals surface area contributed by atoms with Gasteiger partial charge in [-0.1, -0.05) is 17.7 Å². The monoisotopic (exact) mass is 202 g/mol. The van der Waals surface area contributed by atoms with Gasteiger partial charge in [-0.25, -0.2) is 0 Å². The minimum Gasteiger partial charge on any atom is -0.355 e. The molecular formula is C9H15ClN2O.